The van der Waals surface area contributed by atoms with Gasteiger partial charge < -0.3 is 20.3 Å². The van der Waals surface area contributed by atoms with Gasteiger partial charge in [-0.3, -0.25) is 24.6 Å². The van der Waals surface area contributed by atoms with E-state index < -0.39 is 35.2 Å². The molecular weight excluding hydrogens is 486 g/mol. The van der Waals surface area contributed by atoms with Crippen LogP contribution in [0.5, 0.6) is 11.5 Å². The lowest BCUT2D eigenvalue weighted by molar-refractivity contribution is -0.144. The van der Waals surface area contributed by atoms with Crippen LogP contribution in [0.1, 0.15) is 29.5 Å². The van der Waals surface area contributed by atoms with Gasteiger partial charge in [0, 0.05) is 28.9 Å². The van der Waals surface area contributed by atoms with Crippen molar-refractivity contribution < 1.29 is 29.3 Å². The standard InChI is InChI=1S/C26H26ClN3O6/c1-12-7-14(27)10-16-22(12)28-25(35)26(16)21-20(17(29-26)8-13-4-5-18(31)19(32)9-13)23(33)30(24(21)34)11-15-3-2-6-36-15/h4-5,7,9-10,15,17,20-21,29,31-32H,2-3,6,8,11H2,1H3,(H,28,35)/t15?,17-,20-,21+,26+/m1/s1. The molecule has 6 rings (SSSR count). The fourth-order valence-electron chi connectivity index (χ4n) is 6.39. The van der Waals surface area contributed by atoms with Crippen molar-refractivity contribution in [1.82, 2.24) is 10.2 Å². The number of nitrogens with zero attached hydrogens (tertiary/aromatic N) is 1. The summed E-state index contributed by atoms with van der Waals surface area (Å²) in [6, 6.07) is 7.28. The molecule has 3 fully saturated rings. The van der Waals surface area contributed by atoms with E-state index in [1.807, 2.05) is 6.92 Å². The molecule has 4 heterocycles. The van der Waals surface area contributed by atoms with Crippen molar-refractivity contribution in [1.29, 1.82) is 0 Å². The summed E-state index contributed by atoms with van der Waals surface area (Å²) in [6.45, 7) is 2.59. The predicted octanol–water partition coefficient (Wildman–Crippen LogP) is 2.20. The number of nitrogens with one attached hydrogen (secondary N) is 2. The molecule has 10 heteroatoms. The van der Waals surface area contributed by atoms with Gasteiger partial charge in [-0.1, -0.05) is 17.7 Å². The maximum absolute atomic E-state index is 13.9. The van der Waals surface area contributed by atoms with Crippen LogP contribution in [0.4, 0.5) is 5.69 Å². The minimum atomic E-state index is -1.46. The van der Waals surface area contributed by atoms with E-state index in [1.54, 1.807) is 18.2 Å². The third-order valence-electron chi connectivity index (χ3n) is 7.98. The predicted molar refractivity (Wildman–Crippen MR) is 130 cm³/mol. The molecule has 0 aliphatic carbocycles. The number of phenols is 2. The molecule has 3 amide bonds. The molecule has 0 aromatic heterocycles. The van der Waals surface area contributed by atoms with Crippen LogP contribution in [-0.2, 0) is 31.1 Å². The molecule has 36 heavy (non-hydrogen) atoms. The first kappa shape index (κ1) is 23.3. The molecule has 2 aromatic carbocycles. The first-order valence-electron chi connectivity index (χ1n) is 12.1. The van der Waals surface area contributed by atoms with Gasteiger partial charge in [0.2, 0.25) is 17.7 Å². The zero-order chi connectivity index (χ0) is 25.4. The molecule has 1 unspecified atom stereocenters. The Balaban J connectivity index is 1.45. The number of aromatic hydroxyl groups is 2. The minimum absolute atomic E-state index is 0.163. The van der Waals surface area contributed by atoms with E-state index in [9.17, 15) is 24.6 Å². The highest BCUT2D eigenvalue weighted by Gasteiger charge is 2.70. The van der Waals surface area contributed by atoms with Crippen molar-refractivity contribution in [2.75, 3.05) is 18.5 Å². The number of imide groups is 1. The van der Waals surface area contributed by atoms with Crippen LogP contribution in [0.15, 0.2) is 30.3 Å². The molecule has 9 nitrogen and oxygen atoms in total. The number of carbonyl (C=O) groups is 3. The maximum Gasteiger partial charge on any atom is 0.250 e. The number of aryl methyl sites for hydroxylation is 1. The highest BCUT2D eigenvalue weighted by atomic mass is 35.5. The molecule has 4 N–H and O–H groups in total. The Morgan fingerprint density at radius 3 is 2.67 bits per heavy atom. The molecule has 4 aliphatic rings. The van der Waals surface area contributed by atoms with E-state index in [4.69, 9.17) is 16.3 Å². The van der Waals surface area contributed by atoms with Crippen LogP contribution in [0.2, 0.25) is 5.02 Å². The summed E-state index contributed by atoms with van der Waals surface area (Å²) in [4.78, 5) is 42.6. The number of halogens is 1. The summed E-state index contributed by atoms with van der Waals surface area (Å²) in [7, 11) is 0. The normalized spacial score (nSPS) is 30.8. The number of rotatable bonds is 4. The third kappa shape index (κ3) is 3.26. The highest BCUT2D eigenvalue weighted by molar-refractivity contribution is 6.31. The molecule has 2 aromatic rings. The van der Waals surface area contributed by atoms with Crippen molar-refractivity contribution >= 4 is 35.0 Å². The minimum Gasteiger partial charge on any atom is -0.504 e. The number of ether oxygens (including phenoxy) is 1. The van der Waals surface area contributed by atoms with Crippen LogP contribution in [0.25, 0.3) is 0 Å². The summed E-state index contributed by atoms with van der Waals surface area (Å²) in [5.41, 5.74) is 1.11. The van der Waals surface area contributed by atoms with Crippen LogP contribution >= 0.6 is 11.6 Å². The summed E-state index contributed by atoms with van der Waals surface area (Å²) < 4.78 is 5.70. The average molecular weight is 512 g/mol. The number of amides is 3. The highest BCUT2D eigenvalue weighted by Crippen LogP contribution is 2.54. The van der Waals surface area contributed by atoms with E-state index >= 15 is 0 Å². The Morgan fingerprint density at radius 1 is 1.14 bits per heavy atom. The topological polar surface area (TPSA) is 128 Å². The van der Waals surface area contributed by atoms with E-state index in [0.29, 0.717) is 28.4 Å². The Bertz CT molecular complexity index is 1310. The van der Waals surface area contributed by atoms with Gasteiger partial charge in [0.05, 0.1) is 24.5 Å². The molecule has 0 radical (unpaired) electrons. The molecule has 4 aliphatic heterocycles. The number of phenolic OH excluding ortho intramolecular Hbond substituents is 2. The number of benzene rings is 2. The second-order valence-corrected chi connectivity index (χ2v) is 10.5. The van der Waals surface area contributed by atoms with Gasteiger partial charge in [0.25, 0.3) is 0 Å². The van der Waals surface area contributed by atoms with Gasteiger partial charge in [-0.2, -0.15) is 0 Å². The Kier molecular flexibility index (Phi) is 5.30. The molecule has 0 bridgehead atoms. The van der Waals surface area contributed by atoms with Crippen LogP contribution in [0, 0.1) is 18.8 Å². The smallest absolute Gasteiger partial charge is 0.250 e. The van der Waals surface area contributed by atoms with Crippen molar-refractivity contribution in [3.8, 4) is 11.5 Å². The van der Waals surface area contributed by atoms with E-state index in [-0.39, 0.29) is 36.5 Å². The van der Waals surface area contributed by atoms with Gasteiger partial charge in [-0.05, 0) is 61.6 Å². The first-order valence-corrected chi connectivity index (χ1v) is 12.5. The number of hydrogen-bond donors (Lipinski definition) is 4. The van der Waals surface area contributed by atoms with Gasteiger partial charge >= 0.3 is 0 Å². The van der Waals surface area contributed by atoms with Crippen LogP contribution in [0.3, 0.4) is 0 Å². The summed E-state index contributed by atoms with van der Waals surface area (Å²) in [6.07, 6.45) is 1.68. The zero-order valence-electron chi connectivity index (χ0n) is 19.6. The van der Waals surface area contributed by atoms with Gasteiger partial charge in [-0.15, -0.1) is 0 Å². The average Bonchev–Trinajstić information content (AvgIpc) is 3.57. The van der Waals surface area contributed by atoms with E-state index in [2.05, 4.69) is 10.6 Å². The van der Waals surface area contributed by atoms with E-state index in [0.717, 1.165) is 18.4 Å². The lowest BCUT2D eigenvalue weighted by Crippen LogP contribution is -2.54. The van der Waals surface area contributed by atoms with Gasteiger partial charge in [-0.25, -0.2) is 0 Å². The second kappa shape index (κ2) is 8.19. The summed E-state index contributed by atoms with van der Waals surface area (Å²) in [5, 5.41) is 26.4. The van der Waals surface area contributed by atoms with Crippen molar-refractivity contribution in [3.05, 3.63) is 52.0 Å². The largest absolute Gasteiger partial charge is 0.504 e. The summed E-state index contributed by atoms with van der Waals surface area (Å²) in [5.74, 6) is -3.42. The third-order valence-corrected chi connectivity index (χ3v) is 8.20. The van der Waals surface area contributed by atoms with Gasteiger partial charge in [0.1, 0.15) is 5.54 Å². The lowest BCUT2D eigenvalue weighted by Gasteiger charge is -2.30. The molecule has 0 saturated carbocycles. The summed E-state index contributed by atoms with van der Waals surface area (Å²) >= 11 is 6.39. The van der Waals surface area contributed by atoms with E-state index in [1.165, 1.54) is 17.0 Å². The molecule has 5 atom stereocenters. The Labute approximate surface area is 212 Å². The Morgan fingerprint density at radius 2 is 1.94 bits per heavy atom. The van der Waals surface area contributed by atoms with Gasteiger partial charge in [0.15, 0.2) is 11.5 Å². The fourth-order valence-corrected chi connectivity index (χ4v) is 6.66. The SMILES string of the molecule is Cc1cc(Cl)cc2c1NC(=O)[C@]21N[C@H](Cc2ccc(O)c(O)c2)[C@H]2C(=O)N(CC3CCCO3)C(=O)[C@H]21. The fraction of sp³-hybridized carbons (Fsp3) is 0.423. The number of anilines is 1. The monoisotopic (exact) mass is 511 g/mol. The quantitative estimate of drug-likeness (QED) is 0.366. The van der Waals surface area contributed by atoms with Crippen LogP contribution < -0.4 is 10.6 Å². The number of fused-ring (bicyclic) bond motifs is 4. The number of carbonyl (C=O) groups excluding carboxylic acids is 3. The van der Waals surface area contributed by atoms with Crippen molar-refractivity contribution in [2.24, 2.45) is 11.8 Å². The van der Waals surface area contributed by atoms with Crippen molar-refractivity contribution in [2.45, 2.75) is 43.9 Å². The molecule has 3 saturated heterocycles. The lowest BCUT2D eigenvalue weighted by atomic mass is 9.76. The molecule has 188 valence electrons. The maximum atomic E-state index is 13.9. The molecular formula is C26H26ClN3O6. The second-order valence-electron chi connectivity index (χ2n) is 10.1. The molecule has 1 spiro atoms. The van der Waals surface area contributed by atoms with Crippen molar-refractivity contribution in [3.63, 3.8) is 0 Å². The number of hydrogen-bond acceptors (Lipinski definition) is 7. The Hall–Kier alpha value is -3.14. The first-order chi connectivity index (χ1) is 17.2. The number of likely N-dealkylation sites (tertiary alicyclic amines) is 1. The van der Waals surface area contributed by atoms with Crippen LogP contribution in [-0.4, -0.2) is 58.1 Å². The zero-order valence-corrected chi connectivity index (χ0v) is 20.3.